The van der Waals surface area contributed by atoms with Crippen LogP contribution in [-0.2, 0) is 15.8 Å². The molecule has 0 radical (unpaired) electrons. The minimum atomic E-state index is -3.40. The predicted octanol–water partition coefficient (Wildman–Crippen LogP) is -0.0684. The summed E-state index contributed by atoms with van der Waals surface area (Å²) in [6.45, 7) is 0. The second kappa shape index (κ2) is 2.65. The summed E-state index contributed by atoms with van der Waals surface area (Å²) in [5, 5.41) is 7.00. The van der Waals surface area contributed by atoms with Crippen LogP contribution in [0.15, 0.2) is 11.6 Å². The highest BCUT2D eigenvalue weighted by atomic mass is 32.2. The maximum absolute atomic E-state index is 10.4. The number of nitrogens with zero attached hydrogens (tertiary/aromatic N) is 1. The Kier molecular flexibility index (Phi) is 2.02. The third-order valence-electron chi connectivity index (χ3n) is 0.808. The third kappa shape index (κ3) is 2.42. The standard InChI is InChI=1S/C4H6N2O2S2/c5-10(7,8)3-4-6-1-2-9-4/h1-2H,3H2,(H2,5,7,8). The zero-order chi connectivity index (χ0) is 7.61. The lowest BCUT2D eigenvalue weighted by atomic mass is 10.8. The minimum absolute atomic E-state index is 0.162. The Hall–Kier alpha value is -0.460. The van der Waals surface area contributed by atoms with Gasteiger partial charge in [-0.1, -0.05) is 0 Å². The first-order chi connectivity index (χ1) is 4.58. The van der Waals surface area contributed by atoms with E-state index >= 15 is 0 Å². The van der Waals surface area contributed by atoms with Crippen molar-refractivity contribution in [3.63, 3.8) is 0 Å². The molecule has 2 N–H and O–H groups in total. The van der Waals surface area contributed by atoms with Crippen molar-refractivity contribution in [3.05, 3.63) is 16.6 Å². The van der Waals surface area contributed by atoms with E-state index in [2.05, 4.69) is 4.98 Å². The van der Waals surface area contributed by atoms with Crippen LogP contribution in [0.25, 0.3) is 0 Å². The quantitative estimate of drug-likeness (QED) is 0.689. The SMILES string of the molecule is NS(=O)(=O)Cc1nccs1. The van der Waals surface area contributed by atoms with Gasteiger partial charge in [-0.05, 0) is 0 Å². The first kappa shape index (κ1) is 7.64. The molecule has 1 heterocycles. The molecule has 0 unspecified atom stereocenters. The van der Waals surface area contributed by atoms with Crippen LogP contribution in [0.5, 0.6) is 0 Å². The van der Waals surface area contributed by atoms with E-state index < -0.39 is 10.0 Å². The number of sulfonamides is 1. The van der Waals surface area contributed by atoms with E-state index in [1.165, 1.54) is 11.3 Å². The number of thiazole rings is 1. The van der Waals surface area contributed by atoms with Crippen molar-refractivity contribution in [2.75, 3.05) is 0 Å². The first-order valence-electron chi connectivity index (χ1n) is 2.47. The molecule has 0 fully saturated rings. The molecular formula is C4H6N2O2S2. The highest BCUT2D eigenvalue weighted by molar-refractivity contribution is 7.88. The monoisotopic (exact) mass is 178 g/mol. The summed E-state index contributed by atoms with van der Waals surface area (Å²) in [5.41, 5.74) is 0. The van der Waals surface area contributed by atoms with E-state index in [4.69, 9.17) is 5.14 Å². The lowest BCUT2D eigenvalue weighted by molar-refractivity contribution is 0.597. The molecule has 0 aliphatic heterocycles. The van der Waals surface area contributed by atoms with Crippen molar-refractivity contribution in [1.82, 2.24) is 4.98 Å². The van der Waals surface area contributed by atoms with Gasteiger partial charge in [0.2, 0.25) is 10.0 Å². The van der Waals surface area contributed by atoms with E-state index in [1.54, 1.807) is 11.6 Å². The fraction of sp³-hybridized carbons (Fsp3) is 0.250. The van der Waals surface area contributed by atoms with Gasteiger partial charge in [0, 0.05) is 11.6 Å². The molecule has 6 heteroatoms. The number of hydrogen-bond acceptors (Lipinski definition) is 4. The van der Waals surface area contributed by atoms with Crippen molar-refractivity contribution in [3.8, 4) is 0 Å². The Bertz CT molecular complexity index is 289. The van der Waals surface area contributed by atoms with Crippen LogP contribution < -0.4 is 5.14 Å². The van der Waals surface area contributed by atoms with E-state index in [9.17, 15) is 8.42 Å². The summed E-state index contributed by atoms with van der Waals surface area (Å²) in [6, 6.07) is 0. The van der Waals surface area contributed by atoms with E-state index in [1.807, 2.05) is 0 Å². The number of nitrogens with two attached hydrogens (primary N) is 1. The lowest BCUT2D eigenvalue weighted by Gasteiger charge is -1.89. The van der Waals surface area contributed by atoms with Crippen LogP contribution in [0.3, 0.4) is 0 Å². The molecular weight excluding hydrogens is 172 g/mol. The topological polar surface area (TPSA) is 73.1 Å². The average molecular weight is 178 g/mol. The Morgan fingerprint density at radius 2 is 2.40 bits per heavy atom. The van der Waals surface area contributed by atoms with Crippen LogP contribution in [0.4, 0.5) is 0 Å². The summed E-state index contributed by atoms with van der Waals surface area (Å²) in [4.78, 5) is 3.76. The van der Waals surface area contributed by atoms with Crippen molar-refractivity contribution in [1.29, 1.82) is 0 Å². The van der Waals surface area contributed by atoms with Crippen LogP contribution in [0.2, 0.25) is 0 Å². The summed E-state index contributed by atoms with van der Waals surface area (Å²) in [6.07, 6.45) is 1.55. The van der Waals surface area contributed by atoms with Gasteiger partial charge >= 0.3 is 0 Å². The van der Waals surface area contributed by atoms with Crippen LogP contribution in [0.1, 0.15) is 5.01 Å². The Labute approximate surface area is 62.8 Å². The molecule has 56 valence electrons. The molecule has 4 nitrogen and oxygen atoms in total. The van der Waals surface area contributed by atoms with Gasteiger partial charge in [-0.15, -0.1) is 11.3 Å². The van der Waals surface area contributed by atoms with Gasteiger partial charge in [0.1, 0.15) is 10.8 Å². The summed E-state index contributed by atoms with van der Waals surface area (Å²) in [7, 11) is -3.40. The molecule has 0 amide bonds. The highest BCUT2D eigenvalue weighted by Gasteiger charge is 2.05. The molecule has 0 bridgehead atoms. The van der Waals surface area contributed by atoms with Crippen molar-refractivity contribution < 1.29 is 8.42 Å². The fourth-order valence-corrected chi connectivity index (χ4v) is 2.08. The molecule has 10 heavy (non-hydrogen) atoms. The second-order valence-corrected chi connectivity index (χ2v) is 4.33. The first-order valence-corrected chi connectivity index (χ1v) is 5.06. The second-order valence-electron chi connectivity index (χ2n) is 1.73. The van der Waals surface area contributed by atoms with E-state index in [0.29, 0.717) is 5.01 Å². The van der Waals surface area contributed by atoms with Crippen molar-refractivity contribution in [2.24, 2.45) is 5.14 Å². The summed E-state index contributed by atoms with van der Waals surface area (Å²) in [5.74, 6) is -0.162. The normalized spacial score (nSPS) is 11.7. The molecule has 0 atom stereocenters. The summed E-state index contributed by atoms with van der Waals surface area (Å²) >= 11 is 1.28. The molecule has 0 saturated carbocycles. The molecule has 0 aliphatic rings. The zero-order valence-electron chi connectivity index (χ0n) is 5.02. The molecule has 0 saturated heterocycles. The molecule has 1 rings (SSSR count). The number of aromatic nitrogens is 1. The maximum atomic E-state index is 10.4. The third-order valence-corrected chi connectivity index (χ3v) is 2.45. The zero-order valence-corrected chi connectivity index (χ0v) is 6.65. The van der Waals surface area contributed by atoms with Gasteiger partial charge in [-0.3, -0.25) is 0 Å². The lowest BCUT2D eigenvalue weighted by Crippen LogP contribution is -2.14. The molecule has 0 aliphatic carbocycles. The number of primary sulfonamides is 1. The Balaban J connectivity index is 2.75. The minimum Gasteiger partial charge on any atom is -0.249 e. The largest absolute Gasteiger partial charge is 0.249 e. The predicted molar refractivity (Wildman–Crippen MR) is 38.9 cm³/mol. The van der Waals surface area contributed by atoms with Crippen LogP contribution in [-0.4, -0.2) is 13.4 Å². The van der Waals surface area contributed by atoms with E-state index in [-0.39, 0.29) is 5.75 Å². The molecule has 0 spiro atoms. The van der Waals surface area contributed by atoms with Crippen molar-refractivity contribution >= 4 is 21.4 Å². The average Bonchev–Trinajstić information content (AvgIpc) is 2.12. The number of hydrogen-bond donors (Lipinski definition) is 1. The Morgan fingerprint density at radius 3 is 2.80 bits per heavy atom. The maximum Gasteiger partial charge on any atom is 0.215 e. The van der Waals surface area contributed by atoms with Gasteiger partial charge < -0.3 is 0 Å². The van der Waals surface area contributed by atoms with Gasteiger partial charge in [0.15, 0.2) is 0 Å². The van der Waals surface area contributed by atoms with Gasteiger partial charge in [-0.25, -0.2) is 18.5 Å². The van der Waals surface area contributed by atoms with E-state index in [0.717, 1.165) is 0 Å². The van der Waals surface area contributed by atoms with Crippen LogP contribution >= 0.6 is 11.3 Å². The molecule has 0 aromatic carbocycles. The smallest absolute Gasteiger partial charge is 0.215 e. The van der Waals surface area contributed by atoms with Crippen molar-refractivity contribution in [2.45, 2.75) is 5.75 Å². The van der Waals surface area contributed by atoms with Gasteiger partial charge in [-0.2, -0.15) is 0 Å². The van der Waals surface area contributed by atoms with Crippen LogP contribution in [0, 0.1) is 0 Å². The Morgan fingerprint density at radius 1 is 1.70 bits per heavy atom. The number of rotatable bonds is 2. The molecule has 1 aromatic heterocycles. The highest BCUT2D eigenvalue weighted by Crippen LogP contribution is 2.05. The van der Waals surface area contributed by atoms with Gasteiger partial charge in [0.25, 0.3) is 0 Å². The molecule has 1 aromatic rings. The fourth-order valence-electron chi connectivity index (χ4n) is 0.496. The van der Waals surface area contributed by atoms with Gasteiger partial charge in [0.05, 0.1) is 0 Å². The summed E-state index contributed by atoms with van der Waals surface area (Å²) < 4.78 is 20.9.